The first-order chi connectivity index (χ1) is 7.81. The van der Waals surface area contributed by atoms with Crippen LogP contribution in [0.15, 0.2) is 42.5 Å². The summed E-state index contributed by atoms with van der Waals surface area (Å²) >= 11 is 0. The second kappa shape index (κ2) is 4.83. The number of benzene rings is 2. The van der Waals surface area contributed by atoms with E-state index in [0.717, 1.165) is 10.9 Å². The molecule has 0 amide bonds. The summed E-state index contributed by atoms with van der Waals surface area (Å²) in [5, 5.41) is 11.7. The number of fused-ring (bicyclic) bond motifs is 1. The van der Waals surface area contributed by atoms with Crippen LogP contribution in [0.25, 0.3) is 10.8 Å². The number of aliphatic hydroxyl groups is 1. The van der Waals surface area contributed by atoms with Crippen molar-refractivity contribution in [3.05, 3.63) is 48.0 Å². The second-order valence-electron chi connectivity index (χ2n) is 3.72. The van der Waals surface area contributed by atoms with Crippen LogP contribution < -0.4 is 0 Å². The van der Waals surface area contributed by atoms with Gasteiger partial charge in [-0.15, -0.1) is 0 Å². The predicted octanol–water partition coefficient (Wildman–Crippen LogP) is 2.96. The quantitative estimate of drug-likeness (QED) is 0.717. The summed E-state index contributed by atoms with van der Waals surface area (Å²) in [5.74, 6) is 5.88. The van der Waals surface area contributed by atoms with Crippen LogP contribution in [-0.4, -0.2) is 11.2 Å². The smallest absolute Gasteiger partial charge is 0.114 e. The van der Waals surface area contributed by atoms with Gasteiger partial charge in [-0.25, -0.2) is 0 Å². The molecule has 0 unspecified atom stereocenters. The van der Waals surface area contributed by atoms with Gasteiger partial charge in [0.05, 0.1) is 0 Å². The Hall–Kier alpha value is -1.78. The largest absolute Gasteiger partial charge is 0.380 e. The summed E-state index contributed by atoms with van der Waals surface area (Å²) in [6.07, 6.45) is 0.136. The molecule has 0 spiro atoms. The maximum absolute atomic E-state index is 9.42. The van der Waals surface area contributed by atoms with Gasteiger partial charge in [0.15, 0.2) is 0 Å². The van der Waals surface area contributed by atoms with E-state index in [0.29, 0.717) is 6.42 Å². The molecule has 1 N–H and O–H groups in total. The van der Waals surface area contributed by atoms with E-state index in [-0.39, 0.29) is 0 Å². The Morgan fingerprint density at radius 2 is 1.88 bits per heavy atom. The van der Waals surface area contributed by atoms with Crippen molar-refractivity contribution in [3.8, 4) is 11.8 Å². The van der Waals surface area contributed by atoms with Gasteiger partial charge in [-0.1, -0.05) is 55.2 Å². The van der Waals surface area contributed by atoms with E-state index >= 15 is 0 Å². The highest BCUT2D eigenvalue weighted by molar-refractivity contribution is 5.88. The Labute approximate surface area is 95.7 Å². The van der Waals surface area contributed by atoms with Gasteiger partial charge in [0.25, 0.3) is 0 Å². The lowest BCUT2D eigenvalue weighted by molar-refractivity contribution is 0.228. The monoisotopic (exact) mass is 210 g/mol. The minimum absolute atomic E-state index is 0.529. The van der Waals surface area contributed by atoms with Gasteiger partial charge in [0, 0.05) is 5.56 Å². The molecule has 0 aromatic heterocycles. The Morgan fingerprint density at radius 1 is 1.12 bits per heavy atom. The molecule has 0 fully saturated rings. The lowest BCUT2D eigenvalue weighted by atomic mass is 10.0. The van der Waals surface area contributed by atoms with Crippen LogP contribution in [0.4, 0.5) is 0 Å². The third-order valence-corrected chi connectivity index (χ3v) is 2.55. The van der Waals surface area contributed by atoms with Crippen molar-refractivity contribution >= 4 is 10.8 Å². The number of rotatable bonds is 1. The number of hydrogen-bond donors (Lipinski definition) is 1. The Kier molecular flexibility index (Phi) is 3.24. The predicted molar refractivity (Wildman–Crippen MR) is 67.1 cm³/mol. The molecule has 1 atom stereocenters. The number of hydrogen-bond acceptors (Lipinski definition) is 1. The van der Waals surface area contributed by atoms with Crippen molar-refractivity contribution in [1.29, 1.82) is 0 Å². The van der Waals surface area contributed by atoms with Crippen LogP contribution in [0.5, 0.6) is 0 Å². The fourth-order valence-electron chi connectivity index (χ4n) is 1.60. The molecule has 80 valence electrons. The molecule has 16 heavy (non-hydrogen) atoms. The maximum Gasteiger partial charge on any atom is 0.114 e. The summed E-state index contributed by atoms with van der Waals surface area (Å²) in [7, 11) is 0. The van der Waals surface area contributed by atoms with E-state index < -0.39 is 6.10 Å². The fraction of sp³-hybridized carbons (Fsp3) is 0.200. The number of aliphatic hydroxyl groups excluding tert-OH is 1. The molecule has 0 saturated heterocycles. The molecule has 0 aliphatic rings. The summed E-state index contributed by atoms with van der Waals surface area (Å²) in [5.41, 5.74) is 0.977. The minimum Gasteiger partial charge on any atom is -0.380 e. The molecule has 2 aromatic rings. The van der Waals surface area contributed by atoms with Gasteiger partial charge in [-0.2, -0.15) is 0 Å². The molecule has 2 aromatic carbocycles. The molecular weight excluding hydrogens is 196 g/mol. The molecule has 1 heteroatoms. The van der Waals surface area contributed by atoms with Crippen LogP contribution in [0.1, 0.15) is 18.9 Å². The third-order valence-electron chi connectivity index (χ3n) is 2.55. The van der Waals surface area contributed by atoms with E-state index in [9.17, 15) is 5.11 Å². The van der Waals surface area contributed by atoms with Crippen LogP contribution in [0.3, 0.4) is 0 Å². The highest BCUT2D eigenvalue weighted by atomic mass is 16.3. The van der Waals surface area contributed by atoms with Crippen LogP contribution in [0.2, 0.25) is 0 Å². The molecule has 0 aliphatic carbocycles. The Morgan fingerprint density at radius 3 is 2.69 bits per heavy atom. The zero-order valence-corrected chi connectivity index (χ0v) is 9.27. The van der Waals surface area contributed by atoms with Crippen molar-refractivity contribution in [2.75, 3.05) is 0 Å². The molecule has 0 radical (unpaired) electrons. The van der Waals surface area contributed by atoms with E-state index in [1.54, 1.807) is 0 Å². The zero-order chi connectivity index (χ0) is 11.4. The average Bonchev–Trinajstić information content (AvgIpc) is 2.35. The summed E-state index contributed by atoms with van der Waals surface area (Å²) < 4.78 is 0. The first-order valence-electron chi connectivity index (χ1n) is 5.48. The van der Waals surface area contributed by atoms with Gasteiger partial charge in [-0.3, -0.25) is 0 Å². The normalized spacial score (nSPS) is 11.9. The lowest BCUT2D eigenvalue weighted by Crippen LogP contribution is -1.98. The fourth-order valence-corrected chi connectivity index (χ4v) is 1.60. The Bertz CT molecular complexity index is 541. The topological polar surface area (TPSA) is 20.2 Å². The van der Waals surface area contributed by atoms with Gasteiger partial charge < -0.3 is 5.11 Å². The average molecular weight is 210 g/mol. The Balaban J connectivity index is 2.47. The van der Waals surface area contributed by atoms with Gasteiger partial charge >= 0.3 is 0 Å². The second-order valence-corrected chi connectivity index (χ2v) is 3.72. The molecule has 0 saturated carbocycles. The molecule has 2 rings (SSSR count). The minimum atomic E-state index is -0.529. The molecule has 0 heterocycles. The lowest BCUT2D eigenvalue weighted by Gasteiger charge is -2.00. The van der Waals surface area contributed by atoms with Crippen molar-refractivity contribution < 1.29 is 5.11 Å². The van der Waals surface area contributed by atoms with E-state index in [1.807, 2.05) is 31.2 Å². The molecule has 0 bridgehead atoms. The van der Waals surface area contributed by atoms with Crippen molar-refractivity contribution in [3.63, 3.8) is 0 Å². The first kappa shape index (κ1) is 10.7. The van der Waals surface area contributed by atoms with Crippen LogP contribution in [0, 0.1) is 11.8 Å². The maximum atomic E-state index is 9.42. The van der Waals surface area contributed by atoms with Crippen LogP contribution in [-0.2, 0) is 0 Å². The van der Waals surface area contributed by atoms with Gasteiger partial charge in [-0.05, 0) is 23.3 Å². The van der Waals surface area contributed by atoms with E-state index in [2.05, 4.69) is 30.0 Å². The third kappa shape index (κ3) is 2.24. The molecule has 0 aliphatic heterocycles. The van der Waals surface area contributed by atoms with E-state index in [4.69, 9.17) is 0 Å². The summed E-state index contributed by atoms with van der Waals surface area (Å²) in [6.45, 7) is 1.92. The highest BCUT2D eigenvalue weighted by Gasteiger charge is 1.97. The molecular formula is C15H14O. The summed E-state index contributed by atoms with van der Waals surface area (Å²) in [4.78, 5) is 0. The van der Waals surface area contributed by atoms with Gasteiger partial charge in [0.1, 0.15) is 6.10 Å². The van der Waals surface area contributed by atoms with Crippen molar-refractivity contribution in [2.24, 2.45) is 0 Å². The van der Waals surface area contributed by atoms with Crippen molar-refractivity contribution in [2.45, 2.75) is 19.4 Å². The first-order valence-corrected chi connectivity index (χ1v) is 5.48. The van der Waals surface area contributed by atoms with E-state index in [1.165, 1.54) is 5.39 Å². The molecule has 1 nitrogen and oxygen atoms in total. The van der Waals surface area contributed by atoms with Gasteiger partial charge in [0.2, 0.25) is 0 Å². The van der Waals surface area contributed by atoms with Crippen LogP contribution >= 0.6 is 0 Å². The SMILES string of the molecule is CC[C@H](O)C#Cc1cccc2ccccc12. The zero-order valence-electron chi connectivity index (χ0n) is 9.27. The van der Waals surface area contributed by atoms with Crippen molar-refractivity contribution in [1.82, 2.24) is 0 Å². The standard InChI is InChI=1S/C15H14O/c1-2-14(16)11-10-13-8-5-7-12-6-3-4-9-15(12)13/h3-9,14,16H,2H2,1H3/t14-/m0/s1. The highest BCUT2D eigenvalue weighted by Crippen LogP contribution is 2.17. The summed E-state index contributed by atoms with van der Waals surface area (Å²) in [6, 6.07) is 14.2.